The van der Waals surface area contributed by atoms with Crippen LogP contribution in [-0.2, 0) is 19.7 Å². The van der Waals surface area contributed by atoms with Crippen LogP contribution in [0.1, 0.15) is 19.8 Å². The molecule has 2 amide bonds. The highest BCUT2D eigenvalue weighted by atomic mass is 32.2. The van der Waals surface area contributed by atoms with Gasteiger partial charge < -0.3 is 15.7 Å². The second-order valence-electron chi connectivity index (χ2n) is 3.92. The van der Waals surface area contributed by atoms with Crippen molar-refractivity contribution in [2.24, 2.45) is 0 Å². The summed E-state index contributed by atoms with van der Waals surface area (Å²) in [6.07, 6.45) is 0.0998. The number of hydrogen-bond acceptors (Lipinski definition) is 5. The molecule has 0 rings (SSSR count). The molecule has 1 unspecified atom stereocenters. The minimum absolute atomic E-state index is 0.0317. The molecule has 110 valence electrons. The Kier molecular flexibility index (Phi) is 7.09. The third-order valence-electron chi connectivity index (χ3n) is 2.12. The summed E-state index contributed by atoms with van der Waals surface area (Å²) in [7, 11) is -4.11. The second kappa shape index (κ2) is 7.74. The average Bonchev–Trinajstić information content (AvgIpc) is 2.21. The molecule has 0 aromatic rings. The van der Waals surface area contributed by atoms with Crippen LogP contribution in [0.25, 0.3) is 0 Å². The molecule has 19 heavy (non-hydrogen) atoms. The van der Waals surface area contributed by atoms with Gasteiger partial charge >= 0.3 is 0 Å². The number of aliphatic hydroxyl groups excluding tert-OH is 1. The fraction of sp³-hybridized carbons (Fsp3) is 0.600. The SMILES string of the molecule is C=C(O)C(CCC(=O)NCCS(=O)(=O)O)NC(C)=O. The number of rotatable bonds is 8. The standard InChI is InChI=1S/C10H18N2O6S/c1-7(13)9(12-8(2)14)3-4-10(15)11-5-6-19(16,17)18/h9,13H,1,3-6H2,2H3,(H,11,15)(H,12,14)(H,16,17,18). The van der Waals surface area contributed by atoms with Gasteiger partial charge in [0.05, 0.1) is 11.8 Å². The van der Waals surface area contributed by atoms with Gasteiger partial charge in [0.25, 0.3) is 10.1 Å². The fourth-order valence-electron chi connectivity index (χ4n) is 1.25. The fourth-order valence-corrected chi connectivity index (χ4v) is 1.61. The third-order valence-corrected chi connectivity index (χ3v) is 2.84. The van der Waals surface area contributed by atoms with E-state index in [9.17, 15) is 23.1 Å². The summed E-state index contributed by atoms with van der Waals surface area (Å²) in [5, 5.41) is 13.9. The zero-order valence-corrected chi connectivity index (χ0v) is 11.4. The molecule has 4 N–H and O–H groups in total. The topological polar surface area (TPSA) is 133 Å². The highest BCUT2D eigenvalue weighted by Gasteiger charge is 2.15. The maximum Gasteiger partial charge on any atom is 0.266 e. The van der Waals surface area contributed by atoms with Crippen LogP contribution in [0.15, 0.2) is 12.3 Å². The van der Waals surface area contributed by atoms with E-state index >= 15 is 0 Å². The molecule has 0 spiro atoms. The number of carbonyl (C=O) groups excluding carboxylic acids is 2. The van der Waals surface area contributed by atoms with Crippen LogP contribution in [0.4, 0.5) is 0 Å². The van der Waals surface area contributed by atoms with Crippen molar-refractivity contribution in [1.29, 1.82) is 0 Å². The number of carbonyl (C=O) groups is 2. The summed E-state index contributed by atoms with van der Waals surface area (Å²) in [4.78, 5) is 22.2. The van der Waals surface area contributed by atoms with E-state index in [4.69, 9.17) is 4.55 Å². The highest BCUT2D eigenvalue weighted by Crippen LogP contribution is 2.04. The molecular formula is C10H18N2O6S. The zero-order chi connectivity index (χ0) is 15.1. The van der Waals surface area contributed by atoms with Crippen molar-refractivity contribution in [3.05, 3.63) is 12.3 Å². The predicted molar refractivity (Wildman–Crippen MR) is 68.0 cm³/mol. The van der Waals surface area contributed by atoms with Gasteiger partial charge in [-0.2, -0.15) is 8.42 Å². The molecule has 0 aromatic heterocycles. The maximum atomic E-state index is 11.3. The molecule has 0 aromatic carbocycles. The molecule has 0 aliphatic heterocycles. The molecule has 0 radical (unpaired) electrons. The second-order valence-corrected chi connectivity index (χ2v) is 5.49. The smallest absolute Gasteiger partial charge is 0.266 e. The number of aliphatic hydroxyl groups is 1. The first kappa shape index (κ1) is 17.4. The first-order valence-corrected chi connectivity index (χ1v) is 7.09. The third kappa shape index (κ3) is 10.0. The summed E-state index contributed by atoms with van der Waals surface area (Å²) < 4.78 is 29.3. The van der Waals surface area contributed by atoms with E-state index in [1.54, 1.807) is 0 Å². The molecule has 0 saturated carbocycles. The van der Waals surface area contributed by atoms with Crippen molar-refractivity contribution >= 4 is 21.9 Å². The molecule has 0 aliphatic carbocycles. The van der Waals surface area contributed by atoms with E-state index in [2.05, 4.69) is 17.2 Å². The molecule has 0 fully saturated rings. The minimum atomic E-state index is -4.11. The Balaban J connectivity index is 4.05. The number of hydrogen-bond donors (Lipinski definition) is 4. The maximum absolute atomic E-state index is 11.3. The Hall–Kier alpha value is -1.61. The van der Waals surface area contributed by atoms with Crippen molar-refractivity contribution in [1.82, 2.24) is 10.6 Å². The number of amides is 2. The Labute approximate surface area is 111 Å². The summed E-state index contributed by atoms with van der Waals surface area (Å²) in [5.74, 6) is -1.66. The normalized spacial score (nSPS) is 12.5. The van der Waals surface area contributed by atoms with Crippen LogP contribution < -0.4 is 10.6 Å². The van der Waals surface area contributed by atoms with Crippen LogP contribution in [0, 0.1) is 0 Å². The van der Waals surface area contributed by atoms with E-state index in [1.165, 1.54) is 6.92 Å². The van der Waals surface area contributed by atoms with Crippen LogP contribution >= 0.6 is 0 Å². The zero-order valence-electron chi connectivity index (χ0n) is 10.5. The van der Waals surface area contributed by atoms with Crippen molar-refractivity contribution in [2.45, 2.75) is 25.8 Å². The van der Waals surface area contributed by atoms with E-state index in [1.807, 2.05) is 0 Å². The van der Waals surface area contributed by atoms with Crippen LogP contribution in [-0.4, -0.2) is 48.2 Å². The van der Waals surface area contributed by atoms with Crippen LogP contribution in [0.2, 0.25) is 0 Å². The summed E-state index contributed by atoms with van der Waals surface area (Å²) in [6, 6.07) is -0.732. The van der Waals surface area contributed by atoms with Gasteiger partial charge in [0.1, 0.15) is 5.76 Å². The van der Waals surface area contributed by atoms with Gasteiger partial charge in [-0.25, -0.2) is 0 Å². The average molecular weight is 294 g/mol. The first-order valence-electron chi connectivity index (χ1n) is 5.48. The molecule has 0 aliphatic rings. The van der Waals surface area contributed by atoms with Gasteiger partial charge in [0, 0.05) is 19.9 Å². The summed E-state index contributed by atoms with van der Waals surface area (Å²) >= 11 is 0. The lowest BCUT2D eigenvalue weighted by Gasteiger charge is -2.16. The monoisotopic (exact) mass is 294 g/mol. The van der Waals surface area contributed by atoms with Crippen LogP contribution in [0.3, 0.4) is 0 Å². The van der Waals surface area contributed by atoms with Gasteiger partial charge in [-0.3, -0.25) is 14.1 Å². The van der Waals surface area contributed by atoms with Crippen molar-refractivity contribution in [2.75, 3.05) is 12.3 Å². The number of nitrogens with one attached hydrogen (secondary N) is 2. The van der Waals surface area contributed by atoms with Crippen molar-refractivity contribution in [3.63, 3.8) is 0 Å². The Morgan fingerprint density at radius 2 is 1.95 bits per heavy atom. The van der Waals surface area contributed by atoms with E-state index in [0.29, 0.717) is 0 Å². The van der Waals surface area contributed by atoms with Crippen molar-refractivity contribution < 1.29 is 27.7 Å². The predicted octanol–water partition coefficient (Wildman–Crippen LogP) is -0.653. The first-order chi connectivity index (χ1) is 8.61. The lowest BCUT2D eigenvalue weighted by molar-refractivity contribution is -0.122. The van der Waals surface area contributed by atoms with Gasteiger partial charge in [-0.1, -0.05) is 6.58 Å². The molecule has 1 atom stereocenters. The molecule has 0 saturated heterocycles. The Bertz CT molecular complexity index is 445. The Morgan fingerprint density at radius 1 is 1.37 bits per heavy atom. The van der Waals surface area contributed by atoms with E-state index in [0.717, 1.165) is 0 Å². The lowest BCUT2D eigenvalue weighted by Crippen LogP contribution is -2.36. The van der Waals surface area contributed by atoms with Gasteiger partial charge in [-0.15, -0.1) is 0 Å². The van der Waals surface area contributed by atoms with Gasteiger partial charge in [0.15, 0.2) is 0 Å². The quantitative estimate of drug-likeness (QED) is 0.347. The molecular weight excluding hydrogens is 276 g/mol. The van der Waals surface area contributed by atoms with Crippen molar-refractivity contribution in [3.8, 4) is 0 Å². The van der Waals surface area contributed by atoms with Gasteiger partial charge in [0.2, 0.25) is 11.8 Å². The minimum Gasteiger partial charge on any atom is -0.511 e. The highest BCUT2D eigenvalue weighted by molar-refractivity contribution is 7.85. The summed E-state index contributed by atoms with van der Waals surface area (Å²) in [5.41, 5.74) is 0. The lowest BCUT2D eigenvalue weighted by atomic mass is 10.1. The molecule has 0 heterocycles. The largest absolute Gasteiger partial charge is 0.511 e. The van der Waals surface area contributed by atoms with Gasteiger partial charge in [-0.05, 0) is 6.42 Å². The molecule has 8 nitrogen and oxygen atoms in total. The van der Waals surface area contributed by atoms with E-state index < -0.39 is 27.8 Å². The Morgan fingerprint density at radius 3 is 2.37 bits per heavy atom. The summed E-state index contributed by atoms with van der Waals surface area (Å²) in [6.45, 7) is 4.34. The molecule has 0 bridgehead atoms. The molecule has 9 heteroatoms. The van der Waals surface area contributed by atoms with E-state index in [-0.39, 0.29) is 31.1 Å². The van der Waals surface area contributed by atoms with Crippen LogP contribution in [0.5, 0.6) is 0 Å².